The number of nitro groups is 1. The molecule has 0 aliphatic heterocycles. The van der Waals surface area contributed by atoms with Crippen LogP contribution in [-0.2, 0) is 4.79 Å². The van der Waals surface area contributed by atoms with Crippen LogP contribution in [0.1, 0.15) is 5.56 Å². The van der Waals surface area contributed by atoms with Crippen LogP contribution in [0.15, 0.2) is 48.5 Å². The van der Waals surface area contributed by atoms with Crippen molar-refractivity contribution in [1.82, 2.24) is 0 Å². The van der Waals surface area contributed by atoms with Crippen molar-refractivity contribution in [2.24, 2.45) is 0 Å². The first-order valence-electron chi connectivity index (χ1n) is 6.18. The van der Waals surface area contributed by atoms with Crippen molar-refractivity contribution < 1.29 is 14.8 Å². The number of hydrogen-bond donors (Lipinski definition) is 2. The summed E-state index contributed by atoms with van der Waals surface area (Å²) in [5.74, 6) is -0.774. The van der Waals surface area contributed by atoms with E-state index in [1.54, 1.807) is 30.3 Å². The molecule has 0 bridgehead atoms. The van der Waals surface area contributed by atoms with Crippen LogP contribution >= 0.6 is 11.6 Å². The van der Waals surface area contributed by atoms with Crippen molar-refractivity contribution >= 4 is 35.0 Å². The Hall–Kier alpha value is -2.86. The van der Waals surface area contributed by atoms with Crippen molar-refractivity contribution in [2.45, 2.75) is 0 Å². The van der Waals surface area contributed by atoms with E-state index >= 15 is 0 Å². The van der Waals surface area contributed by atoms with E-state index < -0.39 is 10.8 Å². The fourth-order valence-electron chi connectivity index (χ4n) is 1.66. The lowest BCUT2D eigenvalue weighted by molar-refractivity contribution is -0.384. The van der Waals surface area contributed by atoms with E-state index in [0.29, 0.717) is 5.02 Å². The SMILES string of the molecule is O=C(/C=C/c1ccc(Cl)cc1)Nc1cc([N+](=O)[O-])ccc1O. The molecular weight excluding hydrogens is 308 g/mol. The number of anilines is 1. The molecule has 7 heteroatoms. The largest absolute Gasteiger partial charge is 0.506 e. The number of phenolic OH excluding ortho intramolecular Hbond substituents is 1. The van der Waals surface area contributed by atoms with E-state index in [1.165, 1.54) is 6.08 Å². The third kappa shape index (κ3) is 4.07. The summed E-state index contributed by atoms with van der Waals surface area (Å²) < 4.78 is 0. The van der Waals surface area contributed by atoms with Crippen LogP contribution in [0, 0.1) is 10.1 Å². The second-order valence-electron chi connectivity index (χ2n) is 4.33. The highest BCUT2D eigenvalue weighted by atomic mass is 35.5. The number of halogens is 1. The Morgan fingerprint density at radius 3 is 2.55 bits per heavy atom. The van der Waals surface area contributed by atoms with Crippen LogP contribution in [0.25, 0.3) is 6.08 Å². The van der Waals surface area contributed by atoms with Crippen LogP contribution < -0.4 is 5.32 Å². The number of nitrogens with one attached hydrogen (secondary N) is 1. The molecule has 2 aromatic rings. The quantitative estimate of drug-likeness (QED) is 0.390. The second kappa shape index (κ2) is 6.73. The Labute approximate surface area is 130 Å². The van der Waals surface area contributed by atoms with Gasteiger partial charge in [-0.3, -0.25) is 14.9 Å². The van der Waals surface area contributed by atoms with E-state index in [-0.39, 0.29) is 17.1 Å². The number of phenols is 1. The van der Waals surface area contributed by atoms with Crippen molar-refractivity contribution in [3.05, 3.63) is 69.2 Å². The highest BCUT2D eigenvalue weighted by molar-refractivity contribution is 6.30. The fraction of sp³-hybridized carbons (Fsp3) is 0. The smallest absolute Gasteiger partial charge is 0.271 e. The van der Waals surface area contributed by atoms with Gasteiger partial charge in [0.25, 0.3) is 5.69 Å². The first-order valence-corrected chi connectivity index (χ1v) is 6.55. The van der Waals surface area contributed by atoms with Gasteiger partial charge in [0, 0.05) is 23.2 Å². The number of carbonyl (C=O) groups excluding carboxylic acids is 1. The van der Waals surface area contributed by atoms with Gasteiger partial charge >= 0.3 is 0 Å². The number of carbonyl (C=O) groups is 1. The third-order valence-corrected chi connectivity index (χ3v) is 3.00. The van der Waals surface area contributed by atoms with E-state index in [4.69, 9.17) is 11.6 Å². The highest BCUT2D eigenvalue weighted by Gasteiger charge is 2.11. The number of benzene rings is 2. The van der Waals surface area contributed by atoms with Gasteiger partial charge in [-0.05, 0) is 29.8 Å². The molecule has 1 amide bonds. The predicted octanol–water partition coefficient (Wildman–Crippen LogP) is 3.61. The molecule has 112 valence electrons. The molecule has 0 fully saturated rings. The molecule has 22 heavy (non-hydrogen) atoms. The summed E-state index contributed by atoms with van der Waals surface area (Å²) >= 11 is 5.75. The van der Waals surface area contributed by atoms with E-state index in [2.05, 4.69) is 5.32 Å². The molecule has 2 aromatic carbocycles. The lowest BCUT2D eigenvalue weighted by Gasteiger charge is -2.04. The number of non-ortho nitro benzene ring substituents is 1. The van der Waals surface area contributed by atoms with Gasteiger partial charge < -0.3 is 10.4 Å². The van der Waals surface area contributed by atoms with Gasteiger partial charge in [0.15, 0.2) is 0 Å². The molecule has 2 N–H and O–H groups in total. The van der Waals surface area contributed by atoms with Crippen LogP contribution in [0.5, 0.6) is 5.75 Å². The molecule has 0 aromatic heterocycles. The van der Waals surface area contributed by atoms with Crippen molar-refractivity contribution in [3.8, 4) is 5.75 Å². The Morgan fingerprint density at radius 1 is 1.23 bits per heavy atom. The summed E-state index contributed by atoms with van der Waals surface area (Å²) in [4.78, 5) is 21.8. The minimum absolute atomic E-state index is 0.0278. The van der Waals surface area contributed by atoms with Gasteiger partial charge in [-0.25, -0.2) is 0 Å². The predicted molar refractivity (Wildman–Crippen MR) is 83.9 cm³/mol. The molecule has 0 aliphatic rings. The molecule has 0 saturated carbocycles. The van der Waals surface area contributed by atoms with Crippen molar-refractivity contribution in [3.63, 3.8) is 0 Å². The number of nitro benzene ring substituents is 1. The van der Waals surface area contributed by atoms with E-state index in [0.717, 1.165) is 23.8 Å². The average Bonchev–Trinajstić information content (AvgIpc) is 2.48. The van der Waals surface area contributed by atoms with E-state index in [1.807, 2.05) is 0 Å². The molecule has 0 aliphatic carbocycles. The molecule has 0 saturated heterocycles. The number of amides is 1. The number of rotatable bonds is 4. The standard InChI is InChI=1S/C15H11ClN2O4/c16-11-4-1-10(2-5-11)3-8-15(20)17-13-9-12(18(21)22)6-7-14(13)19/h1-9,19H,(H,17,20)/b8-3+. The van der Waals surface area contributed by atoms with Gasteiger partial charge in [0.1, 0.15) is 5.75 Å². The maximum atomic E-state index is 11.8. The van der Waals surface area contributed by atoms with Gasteiger partial charge in [-0.15, -0.1) is 0 Å². The molecule has 0 spiro atoms. The second-order valence-corrected chi connectivity index (χ2v) is 4.77. The zero-order valence-electron chi connectivity index (χ0n) is 11.2. The summed E-state index contributed by atoms with van der Waals surface area (Å²) in [6, 6.07) is 10.2. The minimum Gasteiger partial charge on any atom is -0.506 e. The maximum absolute atomic E-state index is 11.8. The van der Waals surface area contributed by atoms with Gasteiger partial charge in [-0.1, -0.05) is 23.7 Å². The minimum atomic E-state index is -0.612. The molecule has 0 atom stereocenters. The summed E-state index contributed by atoms with van der Waals surface area (Å²) in [5.41, 5.74) is 0.512. The molecule has 0 unspecified atom stereocenters. The Kier molecular flexibility index (Phi) is 4.75. The van der Waals surface area contributed by atoms with Gasteiger partial charge in [0.05, 0.1) is 10.6 Å². The normalized spacial score (nSPS) is 10.6. The lowest BCUT2D eigenvalue weighted by Crippen LogP contribution is -2.08. The molecular formula is C15H11ClN2O4. The summed E-state index contributed by atoms with van der Waals surface area (Å²) in [6.45, 7) is 0. The van der Waals surface area contributed by atoms with Crippen LogP contribution in [0.2, 0.25) is 5.02 Å². The Morgan fingerprint density at radius 2 is 1.91 bits per heavy atom. The monoisotopic (exact) mass is 318 g/mol. The van der Waals surface area contributed by atoms with Crippen LogP contribution in [-0.4, -0.2) is 15.9 Å². The fourth-order valence-corrected chi connectivity index (χ4v) is 1.78. The van der Waals surface area contributed by atoms with E-state index in [9.17, 15) is 20.0 Å². The first kappa shape index (κ1) is 15.5. The zero-order valence-corrected chi connectivity index (χ0v) is 11.9. The Balaban J connectivity index is 2.10. The Bertz CT molecular complexity index is 742. The van der Waals surface area contributed by atoms with Crippen molar-refractivity contribution in [1.29, 1.82) is 0 Å². The van der Waals surface area contributed by atoms with Gasteiger partial charge in [0.2, 0.25) is 5.91 Å². The molecule has 6 nitrogen and oxygen atoms in total. The third-order valence-electron chi connectivity index (χ3n) is 2.75. The zero-order chi connectivity index (χ0) is 16.1. The van der Waals surface area contributed by atoms with Gasteiger partial charge in [-0.2, -0.15) is 0 Å². The first-order chi connectivity index (χ1) is 10.5. The number of hydrogen-bond acceptors (Lipinski definition) is 4. The van der Waals surface area contributed by atoms with Crippen LogP contribution in [0.4, 0.5) is 11.4 Å². The maximum Gasteiger partial charge on any atom is 0.271 e. The number of aromatic hydroxyl groups is 1. The number of nitrogens with zero attached hydrogens (tertiary/aromatic N) is 1. The molecule has 0 radical (unpaired) electrons. The van der Waals surface area contributed by atoms with Crippen LogP contribution in [0.3, 0.4) is 0 Å². The molecule has 0 heterocycles. The van der Waals surface area contributed by atoms with Crippen molar-refractivity contribution in [2.75, 3.05) is 5.32 Å². The molecule has 2 rings (SSSR count). The summed E-state index contributed by atoms with van der Waals surface area (Å²) in [5, 5.41) is 23.2. The lowest BCUT2D eigenvalue weighted by atomic mass is 10.2. The summed E-state index contributed by atoms with van der Waals surface area (Å²) in [6.07, 6.45) is 2.81. The average molecular weight is 319 g/mol. The highest BCUT2D eigenvalue weighted by Crippen LogP contribution is 2.27. The summed E-state index contributed by atoms with van der Waals surface area (Å²) in [7, 11) is 0. The topological polar surface area (TPSA) is 92.5 Å².